The zero-order valence-corrected chi connectivity index (χ0v) is 32.3. The molecular formula is C42H62N6O7. The van der Waals surface area contributed by atoms with Crippen molar-refractivity contribution < 1.29 is 33.8 Å². The number of aryl methyl sites for hydroxylation is 2. The molecule has 3 saturated heterocycles. The number of carbonyl (C=O) groups excluding carboxylic acids is 4. The third-order valence-electron chi connectivity index (χ3n) is 11.6. The summed E-state index contributed by atoms with van der Waals surface area (Å²) < 4.78 is 11.4. The second-order valence-electron chi connectivity index (χ2n) is 15.3. The molecule has 3 fully saturated rings. The molecule has 4 aliphatic heterocycles. The maximum atomic E-state index is 14.2. The van der Waals surface area contributed by atoms with Crippen molar-refractivity contribution in [2.45, 2.75) is 97.8 Å². The van der Waals surface area contributed by atoms with Crippen LogP contribution in [0, 0.1) is 13.8 Å². The molecule has 2 aromatic carbocycles. The summed E-state index contributed by atoms with van der Waals surface area (Å²) in [6.45, 7) is 12.2. The van der Waals surface area contributed by atoms with Crippen molar-refractivity contribution in [2.24, 2.45) is 0 Å². The standard InChI is InChI=1S/C41H58N6O7.CH4/c1-4-5-24-53-37(48)28-43-15-11-33(12-16-43)44-20-22-45(23-21-44)39(50)36(27-31-25-29(2)38(49)30(3)26-31)54-41(52)46-17-13-34(14-18-46)47-19-10-32-8-6-7-9-35(32)42-40(47)51;/h6-9,25-26,33-34,36,49H,4-5,10-24,27-28H2,1-3H3,(H,42,51);1H4/t36-;/m1./s1. The van der Waals surface area contributed by atoms with Crippen molar-refractivity contribution in [3.05, 3.63) is 58.7 Å². The molecule has 1 atom stereocenters. The molecule has 2 aromatic rings. The van der Waals surface area contributed by atoms with E-state index in [1.807, 2.05) is 60.0 Å². The number of hydrogen-bond donors (Lipinski definition) is 2. The molecular weight excluding hydrogens is 700 g/mol. The maximum absolute atomic E-state index is 14.2. The van der Waals surface area contributed by atoms with Gasteiger partial charge in [0.15, 0.2) is 6.10 Å². The van der Waals surface area contributed by atoms with E-state index >= 15 is 0 Å². The van der Waals surface area contributed by atoms with Gasteiger partial charge in [-0.3, -0.25) is 19.4 Å². The number of rotatable bonds is 11. The van der Waals surface area contributed by atoms with Gasteiger partial charge in [-0.15, -0.1) is 0 Å². The summed E-state index contributed by atoms with van der Waals surface area (Å²) >= 11 is 0. The van der Waals surface area contributed by atoms with Gasteiger partial charge in [0.1, 0.15) is 5.75 Å². The van der Waals surface area contributed by atoms with Crippen LogP contribution >= 0.6 is 0 Å². The highest BCUT2D eigenvalue weighted by Gasteiger charge is 2.36. The number of nitrogens with one attached hydrogen (secondary N) is 1. The monoisotopic (exact) mass is 762 g/mol. The van der Waals surface area contributed by atoms with E-state index in [0.29, 0.717) is 75.9 Å². The molecule has 4 aliphatic rings. The number of nitrogens with zero attached hydrogens (tertiary/aromatic N) is 5. The molecule has 55 heavy (non-hydrogen) atoms. The van der Waals surface area contributed by atoms with Crippen molar-refractivity contribution in [1.82, 2.24) is 24.5 Å². The van der Waals surface area contributed by atoms with Crippen LogP contribution in [0.25, 0.3) is 0 Å². The van der Waals surface area contributed by atoms with Gasteiger partial charge in [0.2, 0.25) is 0 Å². The second kappa shape index (κ2) is 19.5. The highest BCUT2D eigenvalue weighted by atomic mass is 16.6. The third-order valence-corrected chi connectivity index (χ3v) is 11.6. The third kappa shape index (κ3) is 10.7. The number of unbranched alkanes of at least 4 members (excludes halogenated alkanes) is 1. The average Bonchev–Trinajstić information content (AvgIpc) is 3.35. The van der Waals surface area contributed by atoms with E-state index < -0.39 is 12.2 Å². The first kappa shape index (κ1) is 41.8. The molecule has 0 aliphatic carbocycles. The lowest BCUT2D eigenvalue weighted by atomic mass is 10.00. The van der Waals surface area contributed by atoms with Crippen LogP contribution in [0.15, 0.2) is 36.4 Å². The Morgan fingerprint density at radius 3 is 2.20 bits per heavy atom. The fraction of sp³-hybridized carbons (Fsp3) is 0.619. The van der Waals surface area contributed by atoms with Crippen molar-refractivity contribution in [1.29, 1.82) is 0 Å². The minimum Gasteiger partial charge on any atom is -0.507 e. The average molecular weight is 763 g/mol. The van der Waals surface area contributed by atoms with Crippen LogP contribution in [0.5, 0.6) is 5.75 Å². The smallest absolute Gasteiger partial charge is 0.410 e. The largest absolute Gasteiger partial charge is 0.507 e. The molecule has 0 saturated carbocycles. The fourth-order valence-electron chi connectivity index (χ4n) is 8.36. The summed E-state index contributed by atoms with van der Waals surface area (Å²) in [4.78, 5) is 63.2. The minimum atomic E-state index is -1.01. The Morgan fingerprint density at radius 2 is 1.53 bits per heavy atom. The van der Waals surface area contributed by atoms with E-state index in [2.05, 4.69) is 22.0 Å². The number of aromatic hydroxyl groups is 1. The summed E-state index contributed by atoms with van der Waals surface area (Å²) in [5, 5.41) is 13.4. The lowest BCUT2D eigenvalue weighted by molar-refractivity contribution is -0.145. The predicted octanol–water partition coefficient (Wildman–Crippen LogP) is 5.20. The van der Waals surface area contributed by atoms with Crippen molar-refractivity contribution in [2.75, 3.05) is 77.4 Å². The van der Waals surface area contributed by atoms with Crippen LogP contribution in [-0.4, -0.2) is 144 Å². The number of likely N-dealkylation sites (tertiary alicyclic amines) is 2. The van der Waals surface area contributed by atoms with Gasteiger partial charge in [-0.25, -0.2) is 9.59 Å². The Balaban J connectivity index is 0.00000580. The number of phenolic OH excluding ortho intramolecular Hbond substituents is 1. The molecule has 4 amide bonds. The summed E-state index contributed by atoms with van der Waals surface area (Å²) in [5.41, 5.74) is 4.20. The van der Waals surface area contributed by atoms with Crippen LogP contribution in [0.3, 0.4) is 0 Å². The first-order chi connectivity index (χ1) is 26.1. The predicted molar refractivity (Wildman–Crippen MR) is 212 cm³/mol. The Bertz CT molecular complexity index is 1610. The fourth-order valence-corrected chi connectivity index (χ4v) is 8.36. The number of fused-ring (bicyclic) bond motifs is 1. The first-order valence-corrected chi connectivity index (χ1v) is 19.9. The molecule has 6 rings (SSSR count). The van der Waals surface area contributed by atoms with E-state index in [0.717, 1.165) is 75.1 Å². The van der Waals surface area contributed by atoms with E-state index in [1.54, 1.807) is 4.90 Å². The number of benzene rings is 2. The number of esters is 1. The topological polar surface area (TPSA) is 135 Å². The van der Waals surface area contributed by atoms with Crippen LogP contribution in [0.2, 0.25) is 0 Å². The molecule has 2 N–H and O–H groups in total. The van der Waals surface area contributed by atoms with E-state index in [1.165, 1.54) is 0 Å². The number of anilines is 1. The van der Waals surface area contributed by atoms with Crippen LogP contribution in [0.4, 0.5) is 15.3 Å². The summed E-state index contributed by atoms with van der Waals surface area (Å²) in [7, 11) is 0. The van der Waals surface area contributed by atoms with Crippen LogP contribution in [-0.2, 0) is 31.9 Å². The molecule has 13 nitrogen and oxygen atoms in total. The molecule has 0 bridgehead atoms. The lowest BCUT2D eigenvalue weighted by Gasteiger charge is -2.43. The summed E-state index contributed by atoms with van der Waals surface area (Å²) in [6.07, 6.45) is 4.49. The van der Waals surface area contributed by atoms with Gasteiger partial charge >= 0.3 is 18.1 Å². The molecule has 4 heterocycles. The molecule has 302 valence electrons. The number of urea groups is 1. The number of piperazine rings is 1. The number of carbonyl (C=O) groups is 4. The number of ether oxygens (including phenoxy) is 2. The van der Waals surface area contributed by atoms with Gasteiger partial charge in [0, 0.05) is 83.1 Å². The van der Waals surface area contributed by atoms with Gasteiger partial charge in [-0.2, -0.15) is 0 Å². The number of amides is 4. The number of hydrogen-bond acceptors (Lipinski definition) is 9. The van der Waals surface area contributed by atoms with Crippen molar-refractivity contribution >= 4 is 29.7 Å². The van der Waals surface area contributed by atoms with E-state index in [9.17, 15) is 24.3 Å². The van der Waals surface area contributed by atoms with E-state index in [-0.39, 0.29) is 43.5 Å². The molecule has 13 heteroatoms. The number of piperidine rings is 2. The van der Waals surface area contributed by atoms with Crippen molar-refractivity contribution in [3.63, 3.8) is 0 Å². The number of para-hydroxylation sites is 1. The van der Waals surface area contributed by atoms with Gasteiger partial charge in [-0.05, 0) is 80.7 Å². The molecule has 0 aromatic heterocycles. The summed E-state index contributed by atoms with van der Waals surface area (Å²) in [6, 6.07) is 11.8. The molecule has 0 spiro atoms. The summed E-state index contributed by atoms with van der Waals surface area (Å²) in [5.74, 6) is -0.143. The van der Waals surface area contributed by atoms with E-state index in [4.69, 9.17) is 9.47 Å². The van der Waals surface area contributed by atoms with Gasteiger partial charge < -0.3 is 34.6 Å². The Kier molecular flexibility index (Phi) is 14.8. The van der Waals surface area contributed by atoms with Gasteiger partial charge in [0.25, 0.3) is 5.91 Å². The highest BCUT2D eigenvalue weighted by molar-refractivity contribution is 5.91. The zero-order valence-electron chi connectivity index (χ0n) is 32.3. The quantitative estimate of drug-likeness (QED) is 0.234. The van der Waals surface area contributed by atoms with Crippen molar-refractivity contribution in [3.8, 4) is 5.75 Å². The molecule has 0 unspecified atom stereocenters. The SMILES string of the molecule is C.CCCCOC(=O)CN1CCC(N2CCN(C(=O)[C@@H](Cc3cc(C)c(O)c(C)c3)OC(=O)N3CCC(N4CCc5ccccc5NC4=O)CC3)CC2)CC1. The Morgan fingerprint density at radius 1 is 0.873 bits per heavy atom. The Labute approximate surface area is 326 Å². The van der Waals surface area contributed by atoms with Gasteiger partial charge in [0.05, 0.1) is 13.2 Å². The first-order valence-electron chi connectivity index (χ1n) is 19.9. The highest BCUT2D eigenvalue weighted by Crippen LogP contribution is 2.27. The van der Waals surface area contributed by atoms with Crippen LogP contribution in [0.1, 0.15) is 75.1 Å². The van der Waals surface area contributed by atoms with Gasteiger partial charge in [-0.1, -0.05) is 51.1 Å². The van der Waals surface area contributed by atoms with Crippen LogP contribution < -0.4 is 5.32 Å². The Hall–Kier alpha value is -4.36. The maximum Gasteiger partial charge on any atom is 0.410 e. The minimum absolute atomic E-state index is 0. The number of phenols is 1. The normalized spacial score (nSPS) is 19.5. The zero-order chi connectivity index (χ0) is 38.2. The second-order valence-corrected chi connectivity index (χ2v) is 15.3. The lowest BCUT2D eigenvalue weighted by Crippen LogP contribution is -2.57. The molecule has 0 radical (unpaired) electrons.